The second-order valence-corrected chi connectivity index (χ2v) is 7.09. The molecule has 21 heavy (non-hydrogen) atoms. The summed E-state index contributed by atoms with van der Waals surface area (Å²) in [5.41, 5.74) is -1.31. The van der Waals surface area contributed by atoms with Crippen molar-refractivity contribution >= 4 is 10.0 Å². The Morgan fingerprint density at radius 3 is 2.86 bits per heavy atom. The molecule has 0 amide bonds. The van der Waals surface area contributed by atoms with Crippen LogP contribution in [0, 0.1) is 5.92 Å². The van der Waals surface area contributed by atoms with Crippen LogP contribution in [0.3, 0.4) is 0 Å². The van der Waals surface area contributed by atoms with Crippen molar-refractivity contribution in [2.45, 2.75) is 23.5 Å². The monoisotopic (exact) mass is 311 g/mol. The summed E-state index contributed by atoms with van der Waals surface area (Å²) in [5, 5.41) is 10.7. The van der Waals surface area contributed by atoms with Crippen LogP contribution in [0.5, 0.6) is 0 Å². The number of aliphatic hydroxyl groups is 1. The molecule has 0 bridgehead atoms. The van der Waals surface area contributed by atoms with Crippen LogP contribution in [0.4, 0.5) is 0 Å². The van der Waals surface area contributed by atoms with E-state index in [2.05, 4.69) is 9.71 Å². The zero-order valence-electron chi connectivity index (χ0n) is 11.6. The quantitative estimate of drug-likeness (QED) is 0.813. The van der Waals surface area contributed by atoms with Gasteiger partial charge in [0.25, 0.3) is 10.0 Å². The third-order valence-electron chi connectivity index (χ3n) is 3.69. The van der Waals surface area contributed by atoms with Crippen LogP contribution < -0.4 is 4.72 Å². The number of hydrogen-bond donors (Lipinski definition) is 2. The lowest BCUT2D eigenvalue weighted by atomic mass is 9.95. The number of aryl methyl sites for hydroxylation is 1. The highest BCUT2D eigenvalue weighted by atomic mass is 32.2. The number of nitrogens with zero attached hydrogens (tertiary/aromatic N) is 2. The molecule has 1 atom stereocenters. The molecule has 2 aromatic heterocycles. The van der Waals surface area contributed by atoms with E-state index < -0.39 is 15.6 Å². The first-order chi connectivity index (χ1) is 9.92. The average Bonchev–Trinajstić information content (AvgIpc) is 2.97. The van der Waals surface area contributed by atoms with Crippen LogP contribution in [0.2, 0.25) is 0 Å². The van der Waals surface area contributed by atoms with Crippen molar-refractivity contribution < 1.29 is 17.9 Å². The molecule has 1 saturated carbocycles. The molecule has 1 aliphatic rings. The van der Waals surface area contributed by atoms with Crippen LogP contribution in [-0.2, 0) is 22.7 Å². The second-order valence-electron chi connectivity index (χ2n) is 5.38. The van der Waals surface area contributed by atoms with E-state index >= 15 is 0 Å². The number of nitrogens with one attached hydrogen (secondary N) is 1. The van der Waals surface area contributed by atoms with Crippen LogP contribution in [-0.4, -0.2) is 29.6 Å². The first kappa shape index (κ1) is 14.3. The molecule has 2 heterocycles. The molecule has 1 fully saturated rings. The summed E-state index contributed by atoms with van der Waals surface area (Å²) in [4.78, 5) is 3.82. The molecule has 0 saturated heterocycles. The minimum atomic E-state index is -3.75. The van der Waals surface area contributed by atoms with Crippen LogP contribution in [0.25, 0.3) is 0 Å². The molecule has 0 unspecified atom stereocenters. The Labute approximate surface area is 122 Å². The fourth-order valence-corrected chi connectivity index (χ4v) is 3.37. The van der Waals surface area contributed by atoms with Crippen molar-refractivity contribution in [2.75, 3.05) is 6.54 Å². The molecular weight excluding hydrogens is 294 g/mol. The number of furan rings is 1. The highest BCUT2D eigenvalue weighted by Gasteiger charge is 2.47. The standard InChI is InChI=1S/C13H17N3O4S/c1-16-7-12(14-9-16)21(18,19)15-8-13(17,10-4-5-10)11-3-2-6-20-11/h2-3,6-7,9-10,15,17H,4-5,8H2,1H3/t13-/m1/s1. The number of aromatic nitrogens is 2. The molecule has 0 spiro atoms. The summed E-state index contributed by atoms with van der Waals surface area (Å²) >= 11 is 0. The highest BCUT2D eigenvalue weighted by molar-refractivity contribution is 7.89. The molecule has 0 radical (unpaired) electrons. The number of hydrogen-bond acceptors (Lipinski definition) is 5. The molecule has 114 valence electrons. The van der Waals surface area contributed by atoms with Crippen molar-refractivity contribution in [1.82, 2.24) is 14.3 Å². The maximum absolute atomic E-state index is 12.2. The van der Waals surface area contributed by atoms with Gasteiger partial charge in [-0.05, 0) is 30.9 Å². The molecule has 2 N–H and O–H groups in total. The Bertz CT molecular complexity index is 718. The lowest BCUT2D eigenvalue weighted by Crippen LogP contribution is -2.42. The van der Waals surface area contributed by atoms with Crippen LogP contribution in [0.1, 0.15) is 18.6 Å². The summed E-state index contributed by atoms with van der Waals surface area (Å²) < 4.78 is 33.6. The molecule has 8 heteroatoms. The van der Waals surface area contributed by atoms with Crippen molar-refractivity contribution in [3.05, 3.63) is 36.7 Å². The molecule has 0 aliphatic heterocycles. The van der Waals surface area contributed by atoms with Gasteiger partial charge in [-0.15, -0.1) is 0 Å². The lowest BCUT2D eigenvalue weighted by Gasteiger charge is -2.25. The zero-order chi connectivity index (χ0) is 15.1. The fraction of sp³-hybridized carbons (Fsp3) is 0.462. The van der Waals surface area contributed by atoms with Crippen molar-refractivity contribution in [3.63, 3.8) is 0 Å². The van der Waals surface area contributed by atoms with Gasteiger partial charge in [0.2, 0.25) is 0 Å². The Hall–Kier alpha value is -1.64. The maximum Gasteiger partial charge on any atom is 0.259 e. The van der Waals surface area contributed by atoms with E-state index in [-0.39, 0.29) is 17.5 Å². The normalized spacial score (nSPS) is 18.6. The van der Waals surface area contributed by atoms with E-state index in [4.69, 9.17) is 4.42 Å². The van der Waals surface area contributed by atoms with Gasteiger partial charge < -0.3 is 14.1 Å². The van der Waals surface area contributed by atoms with E-state index in [1.807, 2.05) is 0 Å². The summed E-state index contributed by atoms with van der Waals surface area (Å²) in [6.45, 7) is -0.135. The van der Waals surface area contributed by atoms with Gasteiger partial charge in [0.15, 0.2) is 5.03 Å². The summed E-state index contributed by atoms with van der Waals surface area (Å²) in [5.74, 6) is 0.392. The van der Waals surface area contributed by atoms with E-state index in [0.29, 0.717) is 5.76 Å². The summed E-state index contributed by atoms with van der Waals surface area (Å²) in [6, 6.07) is 3.34. The Morgan fingerprint density at radius 2 is 2.33 bits per heavy atom. The van der Waals surface area contributed by atoms with E-state index in [1.54, 1.807) is 23.7 Å². The number of sulfonamides is 1. The van der Waals surface area contributed by atoms with Crippen molar-refractivity contribution in [1.29, 1.82) is 0 Å². The predicted octanol–water partition coefficient (Wildman–Crippen LogP) is 0.589. The molecule has 3 rings (SSSR count). The number of rotatable bonds is 6. The van der Waals surface area contributed by atoms with Gasteiger partial charge in [-0.25, -0.2) is 18.1 Å². The third kappa shape index (κ3) is 2.74. The minimum absolute atomic E-state index is 0.00934. The SMILES string of the molecule is Cn1cnc(S(=O)(=O)NC[C@](O)(c2ccco2)C2CC2)c1. The first-order valence-electron chi connectivity index (χ1n) is 6.66. The van der Waals surface area contributed by atoms with Gasteiger partial charge in [-0.1, -0.05) is 0 Å². The van der Waals surface area contributed by atoms with Gasteiger partial charge in [0.1, 0.15) is 11.4 Å². The molecule has 2 aromatic rings. The fourth-order valence-electron chi connectivity index (χ4n) is 2.33. The second kappa shape index (κ2) is 4.97. The number of imidazole rings is 1. The Kier molecular flexibility index (Phi) is 3.39. The minimum Gasteiger partial charge on any atom is -0.466 e. The topological polar surface area (TPSA) is 97.4 Å². The summed E-state index contributed by atoms with van der Waals surface area (Å²) in [6.07, 6.45) is 5.99. The van der Waals surface area contributed by atoms with Gasteiger partial charge >= 0.3 is 0 Å². The van der Waals surface area contributed by atoms with Crippen LogP contribution >= 0.6 is 0 Å². The molecule has 7 nitrogen and oxygen atoms in total. The Balaban J connectivity index is 1.79. The van der Waals surface area contributed by atoms with Gasteiger partial charge in [-0.2, -0.15) is 0 Å². The first-order valence-corrected chi connectivity index (χ1v) is 8.14. The van der Waals surface area contributed by atoms with E-state index in [9.17, 15) is 13.5 Å². The van der Waals surface area contributed by atoms with Crippen molar-refractivity contribution in [2.24, 2.45) is 13.0 Å². The molecule has 0 aromatic carbocycles. The van der Waals surface area contributed by atoms with Gasteiger partial charge in [-0.3, -0.25) is 0 Å². The highest BCUT2D eigenvalue weighted by Crippen LogP contribution is 2.45. The van der Waals surface area contributed by atoms with Gasteiger partial charge in [0, 0.05) is 19.8 Å². The molecular formula is C13H17N3O4S. The lowest BCUT2D eigenvalue weighted by molar-refractivity contribution is -0.00225. The third-order valence-corrected chi connectivity index (χ3v) is 4.97. The van der Waals surface area contributed by atoms with Gasteiger partial charge in [0.05, 0.1) is 12.6 Å². The maximum atomic E-state index is 12.2. The average molecular weight is 311 g/mol. The predicted molar refractivity (Wildman–Crippen MR) is 73.7 cm³/mol. The van der Waals surface area contributed by atoms with Crippen LogP contribution in [0.15, 0.2) is 40.4 Å². The Morgan fingerprint density at radius 1 is 1.57 bits per heavy atom. The van der Waals surface area contributed by atoms with E-state index in [0.717, 1.165) is 12.8 Å². The van der Waals surface area contributed by atoms with E-state index in [1.165, 1.54) is 18.8 Å². The zero-order valence-corrected chi connectivity index (χ0v) is 12.4. The summed E-state index contributed by atoms with van der Waals surface area (Å²) in [7, 11) is -2.06. The largest absolute Gasteiger partial charge is 0.466 e. The van der Waals surface area contributed by atoms with Crippen molar-refractivity contribution in [3.8, 4) is 0 Å². The molecule has 1 aliphatic carbocycles. The smallest absolute Gasteiger partial charge is 0.259 e.